The summed E-state index contributed by atoms with van der Waals surface area (Å²) in [4.78, 5) is 6.54. The molecule has 1 aliphatic heterocycles. The predicted molar refractivity (Wildman–Crippen MR) is 56.1 cm³/mol. The van der Waals surface area contributed by atoms with Gasteiger partial charge in [0.1, 0.15) is 0 Å². The summed E-state index contributed by atoms with van der Waals surface area (Å²) in [5, 5.41) is 0. The second-order valence-electron chi connectivity index (χ2n) is 3.42. The van der Waals surface area contributed by atoms with Crippen molar-refractivity contribution in [1.82, 2.24) is 9.88 Å². The fraction of sp³-hybridized carbons (Fsp3) is 0.500. The number of nitrogens with zero attached hydrogens (tertiary/aromatic N) is 2. The Labute approximate surface area is 84.2 Å². The number of pyridine rings is 1. The van der Waals surface area contributed by atoms with Crippen LogP contribution in [-0.4, -0.2) is 34.4 Å². The Morgan fingerprint density at radius 2 is 2.21 bits per heavy atom. The highest BCUT2D eigenvalue weighted by Crippen LogP contribution is 2.29. The van der Waals surface area contributed by atoms with E-state index in [1.807, 2.05) is 18.5 Å². The summed E-state index contributed by atoms with van der Waals surface area (Å²) in [6.07, 6.45) is 6.41. The van der Waals surface area contributed by atoms with Gasteiger partial charge in [0.25, 0.3) is 0 Å². The van der Waals surface area contributed by atoms with Gasteiger partial charge in [-0.05, 0) is 38.1 Å². The molecule has 0 saturated carbocycles. The van der Waals surface area contributed by atoms with Crippen molar-refractivity contribution in [1.29, 1.82) is 0 Å². The molecule has 0 radical (unpaired) electrons. The third-order valence-electron chi connectivity index (χ3n) is 2.59. The van der Waals surface area contributed by atoms with Gasteiger partial charge < -0.3 is 11.0 Å². The number of hydrogen-bond acceptors (Lipinski definition) is 2. The van der Waals surface area contributed by atoms with E-state index in [0.29, 0.717) is 6.04 Å². The molecule has 1 fully saturated rings. The molecule has 14 heavy (non-hydrogen) atoms. The summed E-state index contributed by atoms with van der Waals surface area (Å²) >= 11 is 0. The maximum atomic E-state index is 4.14. The number of aromatic nitrogens is 1. The highest BCUT2D eigenvalue weighted by atomic mass is 16.0. The molecule has 1 aromatic heterocycles. The average molecular weight is 198 g/mol. The van der Waals surface area contributed by atoms with Crippen LogP contribution in [0.2, 0.25) is 0 Å². The molecule has 0 bridgehead atoms. The first-order valence-electron chi connectivity index (χ1n) is 4.48. The van der Waals surface area contributed by atoms with Crippen molar-refractivity contribution in [3.8, 4) is 0 Å². The summed E-state index contributed by atoms with van der Waals surface area (Å²) < 4.78 is 0. The van der Waals surface area contributed by atoms with Crippen LogP contribution in [-0.2, 0) is 0 Å². The van der Waals surface area contributed by atoms with E-state index in [1.165, 1.54) is 24.9 Å². The molecular weight excluding hydrogens is 180 g/mol. The Balaban J connectivity index is 0.000000845. The van der Waals surface area contributed by atoms with Crippen molar-refractivity contribution >= 4 is 0 Å². The normalized spacial score (nSPS) is 21.1. The molecule has 0 aromatic carbocycles. The lowest BCUT2D eigenvalue weighted by molar-refractivity contribution is 0.317. The van der Waals surface area contributed by atoms with E-state index >= 15 is 0 Å². The van der Waals surface area contributed by atoms with Gasteiger partial charge in [-0.15, -0.1) is 0 Å². The van der Waals surface area contributed by atoms with Gasteiger partial charge in [-0.2, -0.15) is 0 Å². The predicted octanol–water partition coefficient (Wildman–Crippen LogP) is 0.199. The minimum absolute atomic E-state index is 0. The summed E-state index contributed by atoms with van der Waals surface area (Å²) in [5.41, 5.74) is 1.36. The molecule has 1 atom stereocenters. The van der Waals surface area contributed by atoms with Gasteiger partial charge in [-0.25, -0.2) is 0 Å². The monoisotopic (exact) mass is 198 g/mol. The summed E-state index contributed by atoms with van der Waals surface area (Å²) in [6, 6.07) is 4.79. The van der Waals surface area contributed by atoms with Crippen LogP contribution < -0.4 is 0 Å². The molecule has 1 aromatic rings. The van der Waals surface area contributed by atoms with Gasteiger partial charge in [-0.3, -0.25) is 9.88 Å². The van der Waals surface area contributed by atoms with E-state index in [2.05, 4.69) is 23.0 Å². The van der Waals surface area contributed by atoms with E-state index < -0.39 is 0 Å². The number of hydrogen-bond donors (Lipinski definition) is 0. The zero-order valence-electron chi connectivity index (χ0n) is 8.40. The third kappa shape index (κ3) is 2.51. The van der Waals surface area contributed by atoms with Crippen LogP contribution in [0.15, 0.2) is 24.5 Å². The van der Waals surface area contributed by atoms with Gasteiger partial charge in [0.05, 0.1) is 0 Å². The SMILES string of the molecule is CN1CCCC1c1cccnc1.O.O. The van der Waals surface area contributed by atoms with Gasteiger partial charge in [-0.1, -0.05) is 6.07 Å². The molecule has 4 heteroatoms. The summed E-state index contributed by atoms with van der Waals surface area (Å²) in [6.45, 7) is 1.22. The molecule has 80 valence electrons. The first-order chi connectivity index (χ1) is 5.88. The van der Waals surface area contributed by atoms with Crippen LogP contribution in [0, 0.1) is 0 Å². The van der Waals surface area contributed by atoms with Crippen LogP contribution in [0.3, 0.4) is 0 Å². The molecule has 2 heterocycles. The molecular formula is C10H18N2O2. The zero-order chi connectivity index (χ0) is 8.39. The Bertz CT molecular complexity index is 254. The minimum Gasteiger partial charge on any atom is -0.412 e. The Hall–Kier alpha value is -0.970. The van der Waals surface area contributed by atoms with Gasteiger partial charge in [0, 0.05) is 18.4 Å². The van der Waals surface area contributed by atoms with E-state index in [-0.39, 0.29) is 11.0 Å². The smallest absolute Gasteiger partial charge is 0.0360 e. The van der Waals surface area contributed by atoms with Crippen LogP contribution in [0.4, 0.5) is 0 Å². The zero-order valence-corrected chi connectivity index (χ0v) is 8.40. The lowest BCUT2D eigenvalue weighted by atomic mass is 10.1. The topological polar surface area (TPSA) is 79.1 Å². The van der Waals surface area contributed by atoms with Crippen molar-refractivity contribution in [2.45, 2.75) is 18.9 Å². The van der Waals surface area contributed by atoms with Crippen molar-refractivity contribution in [3.63, 3.8) is 0 Å². The molecule has 2 rings (SSSR count). The molecule has 4 nitrogen and oxygen atoms in total. The van der Waals surface area contributed by atoms with Gasteiger partial charge in [0.2, 0.25) is 0 Å². The number of likely N-dealkylation sites (tertiary alicyclic amines) is 1. The Kier molecular flexibility index (Phi) is 5.30. The molecule has 1 unspecified atom stereocenters. The largest absolute Gasteiger partial charge is 0.412 e. The number of rotatable bonds is 1. The molecule has 0 amide bonds. The molecule has 0 spiro atoms. The minimum atomic E-state index is 0. The van der Waals surface area contributed by atoms with Crippen molar-refractivity contribution in [2.75, 3.05) is 13.6 Å². The lowest BCUT2D eigenvalue weighted by Gasteiger charge is -2.18. The van der Waals surface area contributed by atoms with E-state index in [4.69, 9.17) is 0 Å². The Morgan fingerprint density at radius 3 is 2.71 bits per heavy atom. The van der Waals surface area contributed by atoms with Crippen LogP contribution >= 0.6 is 0 Å². The molecule has 1 aliphatic rings. The molecule has 0 aliphatic carbocycles. The summed E-state index contributed by atoms with van der Waals surface area (Å²) in [7, 11) is 2.19. The quantitative estimate of drug-likeness (QED) is 0.646. The lowest BCUT2D eigenvalue weighted by Crippen LogP contribution is -2.17. The van der Waals surface area contributed by atoms with E-state index in [9.17, 15) is 0 Å². The standard InChI is InChI=1S/C10H14N2.2H2O/c1-12-7-3-5-10(12)9-4-2-6-11-8-9;;/h2,4,6,8,10H,3,5,7H2,1H3;2*1H2. The van der Waals surface area contributed by atoms with Crippen LogP contribution in [0.1, 0.15) is 24.4 Å². The highest BCUT2D eigenvalue weighted by molar-refractivity contribution is 5.14. The van der Waals surface area contributed by atoms with Crippen molar-refractivity contribution < 1.29 is 11.0 Å². The fourth-order valence-electron chi connectivity index (χ4n) is 1.90. The van der Waals surface area contributed by atoms with E-state index in [0.717, 1.165) is 0 Å². The first-order valence-corrected chi connectivity index (χ1v) is 4.48. The molecule has 1 saturated heterocycles. The maximum absolute atomic E-state index is 4.14. The maximum Gasteiger partial charge on any atom is 0.0360 e. The third-order valence-corrected chi connectivity index (χ3v) is 2.59. The van der Waals surface area contributed by atoms with Gasteiger partial charge in [0.15, 0.2) is 0 Å². The fourth-order valence-corrected chi connectivity index (χ4v) is 1.90. The van der Waals surface area contributed by atoms with Crippen molar-refractivity contribution in [2.24, 2.45) is 0 Å². The average Bonchev–Trinajstić information content (AvgIpc) is 2.53. The van der Waals surface area contributed by atoms with Crippen LogP contribution in [0.25, 0.3) is 0 Å². The second kappa shape index (κ2) is 5.70. The first kappa shape index (κ1) is 13.0. The molecule has 4 N–H and O–H groups in total. The van der Waals surface area contributed by atoms with E-state index in [1.54, 1.807) is 0 Å². The summed E-state index contributed by atoms with van der Waals surface area (Å²) in [5.74, 6) is 0. The second-order valence-corrected chi connectivity index (χ2v) is 3.42. The van der Waals surface area contributed by atoms with Crippen LogP contribution in [0.5, 0.6) is 0 Å². The Morgan fingerprint density at radius 1 is 1.43 bits per heavy atom. The highest BCUT2D eigenvalue weighted by Gasteiger charge is 2.21. The van der Waals surface area contributed by atoms with Crippen molar-refractivity contribution in [3.05, 3.63) is 30.1 Å². The van der Waals surface area contributed by atoms with Gasteiger partial charge >= 0.3 is 0 Å².